The Morgan fingerprint density at radius 3 is 2.33 bits per heavy atom. The predicted molar refractivity (Wildman–Crippen MR) is 74.8 cm³/mol. The third-order valence-corrected chi connectivity index (χ3v) is 3.33. The van der Waals surface area contributed by atoms with Gasteiger partial charge in [-0.2, -0.15) is 0 Å². The number of halogens is 1. The molecule has 2 rings (SSSR count). The second-order valence-electron chi connectivity index (χ2n) is 4.74. The third-order valence-electron chi connectivity index (χ3n) is 3.00. The van der Waals surface area contributed by atoms with Crippen LogP contribution in [0.2, 0.25) is 5.02 Å². The second kappa shape index (κ2) is 5.01. The zero-order valence-electron chi connectivity index (χ0n) is 10.2. The lowest BCUT2D eigenvalue weighted by Crippen LogP contribution is -2.35. The molecule has 0 aliphatic heterocycles. The number of rotatable bonds is 3. The molecule has 0 amide bonds. The number of hydrogen-bond acceptors (Lipinski definition) is 2. The summed E-state index contributed by atoms with van der Waals surface area (Å²) in [5.74, 6) is 0.259. The summed E-state index contributed by atoms with van der Waals surface area (Å²) in [7, 11) is 0. The molecule has 0 fully saturated rings. The van der Waals surface area contributed by atoms with Crippen LogP contribution in [0.5, 0.6) is 5.75 Å². The number of nitrogens with two attached hydrogens (primary N) is 1. The Morgan fingerprint density at radius 2 is 1.72 bits per heavy atom. The SMILES string of the molecule is CC(N)(Cc1ccc(O)cc1)c1ccccc1Cl. The molecule has 2 nitrogen and oxygen atoms in total. The van der Waals surface area contributed by atoms with Crippen LogP contribution in [-0.4, -0.2) is 5.11 Å². The molecular formula is C15H16ClNO. The molecule has 18 heavy (non-hydrogen) atoms. The van der Waals surface area contributed by atoms with Gasteiger partial charge in [0.15, 0.2) is 0 Å². The van der Waals surface area contributed by atoms with Crippen molar-refractivity contribution in [2.45, 2.75) is 18.9 Å². The Labute approximate surface area is 112 Å². The Hall–Kier alpha value is -1.51. The molecule has 0 saturated heterocycles. The van der Waals surface area contributed by atoms with E-state index in [2.05, 4.69) is 0 Å². The van der Waals surface area contributed by atoms with Crippen molar-refractivity contribution in [3.63, 3.8) is 0 Å². The maximum absolute atomic E-state index is 9.26. The molecule has 0 saturated carbocycles. The summed E-state index contributed by atoms with van der Waals surface area (Å²) >= 11 is 6.18. The van der Waals surface area contributed by atoms with Crippen LogP contribution in [0.25, 0.3) is 0 Å². The molecule has 0 radical (unpaired) electrons. The fourth-order valence-corrected chi connectivity index (χ4v) is 2.41. The molecule has 0 bridgehead atoms. The van der Waals surface area contributed by atoms with E-state index in [4.69, 9.17) is 17.3 Å². The lowest BCUT2D eigenvalue weighted by molar-refractivity contribution is 0.472. The maximum atomic E-state index is 9.26. The fraction of sp³-hybridized carbons (Fsp3) is 0.200. The van der Waals surface area contributed by atoms with E-state index < -0.39 is 5.54 Å². The van der Waals surface area contributed by atoms with Gasteiger partial charge in [0, 0.05) is 10.6 Å². The van der Waals surface area contributed by atoms with Gasteiger partial charge in [0.25, 0.3) is 0 Å². The first-order valence-corrected chi connectivity index (χ1v) is 6.19. The van der Waals surface area contributed by atoms with Gasteiger partial charge in [-0.15, -0.1) is 0 Å². The number of phenols is 1. The van der Waals surface area contributed by atoms with Crippen LogP contribution in [0.3, 0.4) is 0 Å². The number of benzene rings is 2. The highest BCUT2D eigenvalue weighted by atomic mass is 35.5. The average molecular weight is 262 g/mol. The molecule has 2 aromatic carbocycles. The van der Waals surface area contributed by atoms with Gasteiger partial charge in [0.1, 0.15) is 5.75 Å². The van der Waals surface area contributed by atoms with Gasteiger partial charge < -0.3 is 10.8 Å². The van der Waals surface area contributed by atoms with Crippen LogP contribution in [0.15, 0.2) is 48.5 Å². The van der Waals surface area contributed by atoms with E-state index in [1.807, 2.05) is 43.3 Å². The zero-order chi connectivity index (χ0) is 13.2. The number of hydrogen-bond donors (Lipinski definition) is 2. The minimum absolute atomic E-state index is 0.259. The first-order valence-electron chi connectivity index (χ1n) is 5.81. The molecule has 1 unspecified atom stereocenters. The largest absolute Gasteiger partial charge is 0.508 e. The third kappa shape index (κ3) is 2.84. The van der Waals surface area contributed by atoms with Gasteiger partial charge in [0.05, 0.1) is 0 Å². The van der Waals surface area contributed by atoms with Crippen molar-refractivity contribution in [2.24, 2.45) is 5.73 Å². The maximum Gasteiger partial charge on any atom is 0.115 e. The van der Waals surface area contributed by atoms with Crippen molar-refractivity contribution in [3.8, 4) is 5.75 Å². The van der Waals surface area contributed by atoms with Gasteiger partial charge in [-0.3, -0.25) is 0 Å². The van der Waals surface area contributed by atoms with Crippen molar-refractivity contribution >= 4 is 11.6 Å². The molecule has 0 aliphatic carbocycles. The molecule has 94 valence electrons. The summed E-state index contributed by atoms with van der Waals surface area (Å²) in [6.45, 7) is 1.96. The van der Waals surface area contributed by atoms with E-state index in [1.165, 1.54) is 0 Å². The summed E-state index contributed by atoms with van der Waals surface area (Å²) in [6.07, 6.45) is 0.664. The van der Waals surface area contributed by atoms with Gasteiger partial charge in [-0.05, 0) is 42.7 Å². The second-order valence-corrected chi connectivity index (χ2v) is 5.15. The van der Waals surface area contributed by atoms with E-state index in [-0.39, 0.29) is 5.75 Å². The van der Waals surface area contributed by atoms with E-state index >= 15 is 0 Å². The summed E-state index contributed by atoms with van der Waals surface area (Å²) in [4.78, 5) is 0. The highest BCUT2D eigenvalue weighted by Crippen LogP contribution is 2.29. The van der Waals surface area contributed by atoms with Gasteiger partial charge in [0.2, 0.25) is 0 Å². The lowest BCUT2D eigenvalue weighted by atomic mass is 9.86. The Balaban J connectivity index is 2.27. The summed E-state index contributed by atoms with van der Waals surface area (Å²) in [5.41, 5.74) is 7.83. The topological polar surface area (TPSA) is 46.2 Å². The van der Waals surface area contributed by atoms with Gasteiger partial charge in [-0.25, -0.2) is 0 Å². The van der Waals surface area contributed by atoms with Gasteiger partial charge >= 0.3 is 0 Å². The van der Waals surface area contributed by atoms with Crippen LogP contribution in [0.4, 0.5) is 0 Å². The zero-order valence-corrected chi connectivity index (χ0v) is 11.0. The van der Waals surface area contributed by atoms with Crippen LogP contribution < -0.4 is 5.73 Å². The van der Waals surface area contributed by atoms with E-state index in [0.717, 1.165) is 11.1 Å². The predicted octanol–water partition coefficient (Wildman–Crippen LogP) is 3.46. The Bertz CT molecular complexity index is 534. The molecule has 0 aromatic heterocycles. The van der Waals surface area contributed by atoms with Crippen LogP contribution in [0.1, 0.15) is 18.1 Å². The highest BCUT2D eigenvalue weighted by molar-refractivity contribution is 6.31. The van der Waals surface area contributed by atoms with E-state index in [9.17, 15) is 5.11 Å². The monoisotopic (exact) mass is 261 g/mol. The standard InChI is InChI=1S/C15H16ClNO/c1-15(17,13-4-2-3-5-14(13)16)10-11-6-8-12(18)9-7-11/h2-9,18H,10,17H2,1H3. The van der Waals surface area contributed by atoms with Crippen molar-refractivity contribution in [1.29, 1.82) is 0 Å². The average Bonchev–Trinajstić information content (AvgIpc) is 2.32. The molecule has 0 heterocycles. The normalized spacial score (nSPS) is 14.2. The van der Waals surface area contributed by atoms with Crippen molar-refractivity contribution < 1.29 is 5.11 Å². The summed E-state index contributed by atoms with van der Waals surface area (Å²) in [5, 5.41) is 9.95. The molecule has 0 spiro atoms. The molecular weight excluding hydrogens is 246 g/mol. The number of phenolic OH excluding ortho intramolecular Hbond substituents is 1. The van der Waals surface area contributed by atoms with Gasteiger partial charge in [-0.1, -0.05) is 41.9 Å². The molecule has 2 aromatic rings. The minimum atomic E-state index is -0.532. The summed E-state index contributed by atoms with van der Waals surface area (Å²) in [6, 6.07) is 14.7. The molecule has 0 aliphatic rings. The smallest absolute Gasteiger partial charge is 0.115 e. The van der Waals surface area contributed by atoms with Crippen LogP contribution >= 0.6 is 11.6 Å². The van der Waals surface area contributed by atoms with Crippen molar-refractivity contribution in [2.75, 3.05) is 0 Å². The van der Waals surface area contributed by atoms with Crippen molar-refractivity contribution in [3.05, 3.63) is 64.7 Å². The summed E-state index contributed by atoms with van der Waals surface area (Å²) < 4.78 is 0. The lowest BCUT2D eigenvalue weighted by Gasteiger charge is -2.26. The van der Waals surface area contributed by atoms with E-state index in [0.29, 0.717) is 11.4 Å². The van der Waals surface area contributed by atoms with Crippen molar-refractivity contribution in [1.82, 2.24) is 0 Å². The van der Waals surface area contributed by atoms with E-state index in [1.54, 1.807) is 12.1 Å². The van der Waals surface area contributed by atoms with Crippen LogP contribution in [0, 0.1) is 0 Å². The van der Waals surface area contributed by atoms with Crippen LogP contribution in [-0.2, 0) is 12.0 Å². The number of aromatic hydroxyl groups is 1. The molecule has 1 atom stereocenters. The molecule has 3 heteroatoms. The first-order chi connectivity index (χ1) is 8.49. The molecule has 3 N–H and O–H groups in total. The quantitative estimate of drug-likeness (QED) is 0.889. The minimum Gasteiger partial charge on any atom is -0.508 e. The first kappa shape index (κ1) is 12.9. The highest BCUT2D eigenvalue weighted by Gasteiger charge is 2.23. The Kier molecular flexibility index (Phi) is 3.60. The fourth-order valence-electron chi connectivity index (χ4n) is 2.06. The Morgan fingerprint density at radius 1 is 1.11 bits per heavy atom.